The highest BCUT2D eigenvalue weighted by molar-refractivity contribution is 5.95. The summed E-state index contributed by atoms with van der Waals surface area (Å²) in [6.45, 7) is 10.4. The Balaban J connectivity index is 0.000000510. The first-order valence-corrected chi connectivity index (χ1v) is 12.4. The molecule has 2 aromatic rings. The second-order valence-electron chi connectivity index (χ2n) is 8.75. The molecule has 198 valence electrons. The first-order valence-electron chi connectivity index (χ1n) is 12.4. The molecule has 0 radical (unpaired) electrons. The standard InChI is InChI=1S/C20H28N6O3.C8H10/c1-3-13-9-15(10-23-17(13)4-2)25-18(27)11-24-20(29)16(22)5-6-19(28)26-8-7-14(21)12-26;1-2-8-6-4-3-5-7-8/h3-4,9-10,14,16H,1-2,5-8,11-12,21-22H2,(H,24,29)(H,25,27);3-7H,2H2,1H3. The quantitative estimate of drug-likeness (QED) is 0.389. The van der Waals surface area contributed by atoms with Crippen LogP contribution in [0.4, 0.5) is 5.69 Å². The fourth-order valence-electron chi connectivity index (χ4n) is 3.69. The highest BCUT2D eigenvalue weighted by Gasteiger charge is 2.24. The van der Waals surface area contributed by atoms with Crippen LogP contribution in [0.5, 0.6) is 0 Å². The zero-order valence-electron chi connectivity index (χ0n) is 21.5. The lowest BCUT2D eigenvalue weighted by molar-refractivity contribution is -0.130. The van der Waals surface area contributed by atoms with Crippen molar-refractivity contribution in [1.29, 1.82) is 0 Å². The van der Waals surface area contributed by atoms with Gasteiger partial charge < -0.3 is 27.0 Å². The average molecular weight is 507 g/mol. The summed E-state index contributed by atoms with van der Waals surface area (Å²) in [5.74, 6) is -0.971. The number of likely N-dealkylation sites (tertiary alicyclic amines) is 1. The van der Waals surface area contributed by atoms with E-state index in [9.17, 15) is 14.4 Å². The first kappa shape index (κ1) is 29.4. The Morgan fingerprint density at radius 3 is 2.51 bits per heavy atom. The molecule has 1 aliphatic heterocycles. The molecule has 1 aromatic carbocycles. The Morgan fingerprint density at radius 2 is 1.95 bits per heavy atom. The number of aryl methyl sites for hydroxylation is 1. The largest absolute Gasteiger partial charge is 0.346 e. The van der Waals surface area contributed by atoms with E-state index in [4.69, 9.17) is 11.5 Å². The molecule has 3 rings (SSSR count). The monoisotopic (exact) mass is 506 g/mol. The van der Waals surface area contributed by atoms with Gasteiger partial charge >= 0.3 is 0 Å². The highest BCUT2D eigenvalue weighted by Crippen LogP contribution is 2.15. The smallest absolute Gasteiger partial charge is 0.243 e. The average Bonchev–Trinajstić information content (AvgIpc) is 3.37. The van der Waals surface area contributed by atoms with Gasteiger partial charge in [-0.15, -0.1) is 0 Å². The van der Waals surface area contributed by atoms with Gasteiger partial charge in [0.2, 0.25) is 17.7 Å². The van der Waals surface area contributed by atoms with Crippen molar-refractivity contribution in [2.45, 2.75) is 44.7 Å². The van der Waals surface area contributed by atoms with E-state index in [0.717, 1.165) is 18.4 Å². The van der Waals surface area contributed by atoms with Crippen LogP contribution in [0.25, 0.3) is 12.2 Å². The number of benzene rings is 1. The molecule has 0 saturated carbocycles. The van der Waals surface area contributed by atoms with Gasteiger partial charge in [-0.2, -0.15) is 0 Å². The van der Waals surface area contributed by atoms with Gasteiger partial charge in [0.25, 0.3) is 0 Å². The summed E-state index contributed by atoms with van der Waals surface area (Å²) in [6.07, 6.45) is 6.98. The molecule has 0 bridgehead atoms. The maximum absolute atomic E-state index is 12.1. The third-order valence-electron chi connectivity index (χ3n) is 5.90. The lowest BCUT2D eigenvalue weighted by Crippen LogP contribution is -2.44. The zero-order valence-corrected chi connectivity index (χ0v) is 21.5. The molecule has 0 spiro atoms. The lowest BCUT2D eigenvalue weighted by atomic mass is 10.1. The van der Waals surface area contributed by atoms with E-state index >= 15 is 0 Å². The minimum absolute atomic E-state index is 0.0140. The van der Waals surface area contributed by atoms with Crippen molar-refractivity contribution < 1.29 is 14.4 Å². The molecule has 37 heavy (non-hydrogen) atoms. The molecule has 2 unspecified atom stereocenters. The van der Waals surface area contributed by atoms with Crippen LogP contribution < -0.4 is 22.1 Å². The van der Waals surface area contributed by atoms with Gasteiger partial charge in [-0.25, -0.2) is 0 Å². The predicted molar refractivity (Wildman–Crippen MR) is 148 cm³/mol. The van der Waals surface area contributed by atoms with Crippen molar-refractivity contribution in [1.82, 2.24) is 15.2 Å². The minimum Gasteiger partial charge on any atom is -0.346 e. The maximum Gasteiger partial charge on any atom is 0.243 e. The summed E-state index contributed by atoms with van der Waals surface area (Å²) in [6, 6.07) is 11.3. The van der Waals surface area contributed by atoms with E-state index in [-0.39, 0.29) is 31.3 Å². The second-order valence-corrected chi connectivity index (χ2v) is 8.75. The van der Waals surface area contributed by atoms with E-state index in [0.29, 0.717) is 24.5 Å². The zero-order chi connectivity index (χ0) is 27.2. The van der Waals surface area contributed by atoms with Gasteiger partial charge in [0.1, 0.15) is 0 Å². The SMILES string of the molecule is C=Cc1cc(NC(=O)CNC(=O)C(N)CCC(=O)N2CCC(N)C2)cnc1C=C.CCc1ccccc1. The number of nitrogens with one attached hydrogen (secondary N) is 2. The molecule has 1 fully saturated rings. The molecule has 1 aliphatic rings. The molecule has 1 saturated heterocycles. The van der Waals surface area contributed by atoms with Crippen LogP contribution in [0.2, 0.25) is 0 Å². The number of carbonyl (C=O) groups is 3. The number of hydrogen-bond donors (Lipinski definition) is 4. The van der Waals surface area contributed by atoms with Crippen molar-refractivity contribution in [3.8, 4) is 0 Å². The molecular formula is C28H38N6O3. The van der Waals surface area contributed by atoms with Gasteiger partial charge in [-0.1, -0.05) is 56.5 Å². The topological polar surface area (TPSA) is 143 Å². The number of carbonyl (C=O) groups excluding carboxylic acids is 3. The maximum atomic E-state index is 12.1. The van der Waals surface area contributed by atoms with Crippen molar-refractivity contribution in [2.75, 3.05) is 25.0 Å². The molecule has 9 heteroatoms. The Kier molecular flexibility index (Phi) is 12.2. The number of rotatable bonds is 10. The Hall–Kier alpha value is -3.82. The van der Waals surface area contributed by atoms with Crippen LogP contribution in [0.15, 0.2) is 55.8 Å². The van der Waals surface area contributed by atoms with Gasteiger partial charge in [-0.05, 0) is 37.0 Å². The first-order chi connectivity index (χ1) is 17.8. The fraction of sp³-hybridized carbons (Fsp3) is 0.357. The molecule has 2 heterocycles. The normalized spacial score (nSPS) is 15.1. The van der Waals surface area contributed by atoms with Gasteiger partial charge in [0.15, 0.2) is 0 Å². The summed E-state index contributed by atoms with van der Waals surface area (Å²) in [5.41, 5.74) is 14.9. The summed E-state index contributed by atoms with van der Waals surface area (Å²) < 4.78 is 0. The third kappa shape index (κ3) is 9.98. The van der Waals surface area contributed by atoms with Crippen LogP contribution in [0.1, 0.15) is 43.0 Å². The van der Waals surface area contributed by atoms with Crippen LogP contribution >= 0.6 is 0 Å². The van der Waals surface area contributed by atoms with Crippen molar-refractivity contribution >= 4 is 35.6 Å². The molecule has 1 aromatic heterocycles. The van der Waals surface area contributed by atoms with E-state index in [1.807, 2.05) is 6.07 Å². The van der Waals surface area contributed by atoms with Crippen LogP contribution in [-0.4, -0.2) is 59.3 Å². The van der Waals surface area contributed by atoms with Gasteiger partial charge in [-0.3, -0.25) is 19.4 Å². The van der Waals surface area contributed by atoms with Gasteiger partial charge in [0.05, 0.1) is 30.2 Å². The number of nitrogens with two attached hydrogens (primary N) is 2. The fourth-order valence-corrected chi connectivity index (χ4v) is 3.69. The summed E-state index contributed by atoms with van der Waals surface area (Å²) >= 11 is 0. The van der Waals surface area contributed by atoms with Crippen LogP contribution in [0, 0.1) is 0 Å². The Bertz CT molecular complexity index is 1070. The minimum atomic E-state index is -0.871. The van der Waals surface area contributed by atoms with Crippen molar-refractivity contribution in [3.63, 3.8) is 0 Å². The predicted octanol–water partition coefficient (Wildman–Crippen LogP) is 2.34. The molecular weight excluding hydrogens is 468 g/mol. The molecule has 9 nitrogen and oxygen atoms in total. The second kappa shape index (κ2) is 15.3. The molecule has 3 amide bonds. The van der Waals surface area contributed by atoms with E-state index in [1.54, 1.807) is 23.1 Å². The van der Waals surface area contributed by atoms with E-state index in [2.05, 4.69) is 60.0 Å². The number of anilines is 1. The lowest BCUT2D eigenvalue weighted by Gasteiger charge is -2.17. The highest BCUT2D eigenvalue weighted by atomic mass is 16.2. The number of nitrogens with zero attached hydrogens (tertiary/aromatic N) is 2. The number of pyridine rings is 1. The molecule has 0 aliphatic carbocycles. The Morgan fingerprint density at radius 1 is 1.22 bits per heavy atom. The third-order valence-corrected chi connectivity index (χ3v) is 5.90. The van der Waals surface area contributed by atoms with Crippen LogP contribution in [0.3, 0.4) is 0 Å². The molecule has 2 atom stereocenters. The number of hydrogen-bond acceptors (Lipinski definition) is 6. The van der Waals surface area contributed by atoms with Gasteiger partial charge in [0, 0.05) is 31.1 Å². The number of aromatic nitrogens is 1. The Labute approximate surface area is 219 Å². The van der Waals surface area contributed by atoms with E-state index in [1.165, 1.54) is 11.8 Å². The van der Waals surface area contributed by atoms with E-state index < -0.39 is 17.9 Å². The van der Waals surface area contributed by atoms with Crippen LogP contribution in [-0.2, 0) is 20.8 Å². The van der Waals surface area contributed by atoms with Crippen molar-refractivity contribution in [3.05, 3.63) is 72.6 Å². The molecule has 6 N–H and O–H groups in total. The summed E-state index contributed by atoms with van der Waals surface area (Å²) in [5, 5.41) is 5.12. The summed E-state index contributed by atoms with van der Waals surface area (Å²) in [7, 11) is 0. The number of amides is 3. The van der Waals surface area contributed by atoms with Crippen molar-refractivity contribution in [2.24, 2.45) is 11.5 Å². The summed E-state index contributed by atoms with van der Waals surface area (Å²) in [4.78, 5) is 42.1.